The Balaban J connectivity index is 2.31. The van der Waals surface area contributed by atoms with Crippen molar-refractivity contribution in [3.8, 4) is 11.5 Å². The fraction of sp³-hybridized carbons (Fsp3) is 0.118. The van der Waals surface area contributed by atoms with Crippen LogP contribution in [-0.2, 0) is 6.61 Å². The zero-order valence-electron chi connectivity index (χ0n) is 11.9. The predicted octanol–water partition coefficient (Wildman–Crippen LogP) is 4.14. The first kappa shape index (κ1) is 14.7. The van der Waals surface area contributed by atoms with Crippen LogP contribution in [0.15, 0.2) is 54.0 Å². The van der Waals surface area contributed by atoms with Crippen LogP contribution in [0, 0.1) is 0 Å². The summed E-state index contributed by atoms with van der Waals surface area (Å²) in [5.74, 6) is 0.946. The number of aliphatic hydroxyl groups excluding tert-OH is 1. The van der Waals surface area contributed by atoms with Crippen LogP contribution in [0.25, 0.3) is 5.76 Å². The smallest absolute Gasteiger partial charge is 0.162 e. The SMILES string of the molecule is C=Nc1cc(OC)c(OCc2ccccc2)cc1C(=C)O. The molecule has 0 saturated heterocycles. The molecular weight excluding hydrogens is 266 g/mol. The molecule has 0 unspecified atom stereocenters. The maximum atomic E-state index is 9.63. The number of hydrogen-bond acceptors (Lipinski definition) is 4. The molecule has 0 amide bonds. The highest BCUT2D eigenvalue weighted by Gasteiger charge is 2.13. The molecule has 0 aliphatic heterocycles. The maximum absolute atomic E-state index is 9.63. The lowest BCUT2D eigenvalue weighted by atomic mass is 10.1. The van der Waals surface area contributed by atoms with Crippen LogP contribution in [0.4, 0.5) is 5.69 Å². The number of methoxy groups -OCH3 is 1. The van der Waals surface area contributed by atoms with E-state index in [0.29, 0.717) is 29.4 Å². The van der Waals surface area contributed by atoms with E-state index < -0.39 is 0 Å². The number of hydrogen-bond donors (Lipinski definition) is 1. The van der Waals surface area contributed by atoms with Crippen LogP contribution in [0.3, 0.4) is 0 Å². The van der Waals surface area contributed by atoms with E-state index in [0.717, 1.165) is 5.56 Å². The molecule has 21 heavy (non-hydrogen) atoms. The molecule has 0 bridgehead atoms. The first-order chi connectivity index (χ1) is 10.2. The summed E-state index contributed by atoms with van der Waals surface area (Å²) >= 11 is 0. The van der Waals surface area contributed by atoms with E-state index in [4.69, 9.17) is 9.47 Å². The van der Waals surface area contributed by atoms with Crippen LogP contribution in [0.1, 0.15) is 11.1 Å². The number of ether oxygens (including phenoxy) is 2. The normalized spacial score (nSPS) is 9.95. The molecule has 0 aliphatic carbocycles. The molecule has 0 fully saturated rings. The van der Waals surface area contributed by atoms with Gasteiger partial charge in [0.2, 0.25) is 0 Å². The standard InChI is InChI=1S/C17H17NO3/c1-12(19)14-9-17(16(20-3)10-15(14)18-2)21-11-13-7-5-4-6-8-13/h4-10,19H,1-2,11H2,3H3. The summed E-state index contributed by atoms with van der Waals surface area (Å²) in [5.41, 5.74) is 2.00. The lowest BCUT2D eigenvalue weighted by molar-refractivity contribution is 0.284. The summed E-state index contributed by atoms with van der Waals surface area (Å²) in [6, 6.07) is 13.1. The number of aliphatic imine (C=N–C) groups is 1. The second-order valence-corrected chi connectivity index (χ2v) is 4.40. The molecule has 0 spiro atoms. The van der Waals surface area contributed by atoms with Gasteiger partial charge in [-0.3, -0.25) is 4.99 Å². The van der Waals surface area contributed by atoms with Gasteiger partial charge < -0.3 is 14.6 Å². The van der Waals surface area contributed by atoms with Crippen molar-refractivity contribution < 1.29 is 14.6 Å². The van der Waals surface area contributed by atoms with Gasteiger partial charge in [-0.05, 0) is 18.3 Å². The highest BCUT2D eigenvalue weighted by atomic mass is 16.5. The van der Waals surface area contributed by atoms with E-state index in [-0.39, 0.29) is 5.76 Å². The second-order valence-electron chi connectivity index (χ2n) is 4.40. The topological polar surface area (TPSA) is 51.0 Å². The highest BCUT2D eigenvalue weighted by molar-refractivity contribution is 5.73. The van der Waals surface area contributed by atoms with Crippen molar-refractivity contribution >= 4 is 18.2 Å². The van der Waals surface area contributed by atoms with E-state index in [1.165, 1.54) is 0 Å². The van der Waals surface area contributed by atoms with Crippen LogP contribution < -0.4 is 9.47 Å². The Morgan fingerprint density at radius 1 is 1.19 bits per heavy atom. The quantitative estimate of drug-likeness (QED) is 0.640. The van der Waals surface area contributed by atoms with Crippen molar-refractivity contribution in [2.75, 3.05) is 7.11 Å². The largest absolute Gasteiger partial charge is 0.508 e. The minimum absolute atomic E-state index is 0.0929. The van der Waals surface area contributed by atoms with Crippen LogP contribution in [0.2, 0.25) is 0 Å². The summed E-state index contributed by atoms with van der Waals surface area (Å²) in [7, 11) is 1.55. The first-order valence-electron chi connectivity index (χ1n) is 6.39. The molecule has 0 radical (unpaired) electrons. The average molecular weight is 283 g/mol. The van der Waals surface area contributed by atoms with Gasteiger partial charge in [0.15, 0.2) is 11.5 Å². The number of aliphatic hydroxyl groups is 1. The van der Waals surface area contributed by atoms with Gasteiger partial charge in [-0.1, -0.05) is 36.9 Å². The van der Waals surface area contributed by atoms with Crippen molar-refractivity contribution in [3.63, 3.8) is 0 Å². The molecule has 0 atom stereocenters. The molecule has 0 saturated carbocycles. The van der Waals surface area contributed by atoms with Gasteiger partial charge in [0.1, 0.15) is 12.4 Å². The minimum Gasteiger partial charge on any atom is -0.508 e. The minimum atomic E-state index is -0.0929. The monoisotopic (exact) mass is 283 g/mol. The molecule has 0 aromatic heterocycles. The first-order valence-corrected chi connectivity index (χ1v) is 6.39. The Labute approximate surface area is 124 Å². The molecule has 0 aliphatic rings. The molecule has 2 aromatic rings. The molecule has 2 rings (SSSR count). The van der Waals surface area contributed by atoms with Crippen molar-refractivity contribution in [2.24, 2.45) is 4.99 Å². The van der Waals surface area contributed by atoms with Gasteiger partial charge >= 0.3 is 0 Å². The van der Waals surface area contributed by atoms with Gasteiger partial charge in [0.25, 0.3) is 0 Å². The van der Waals surface area contributed by atoms with E-state index in [1.54, 1.807) is 19.2 Å². The van der Waals surface area contributed by atoms with E-state index in [9.17, 15) is 5.11 Å². The van der Waals surface area contributed by atoms with Crippen molar-refractivity contribution in [1.82, 2.24) is 0 Å². The second kappa shape index (κ2) is 6.61. The molecule has 1 N–H and O–H groups in total. The molecule has 4 heteroatoms. The summed E-state index contributed by atoms with van der Waals surface area (Å²) in [4.78, 5) is 3.85. The summed E-state index contributed by atoms with van der Waals surface area (Å²) in [6.07, 6.45) is 0. The maximum Gasteiger partial charge on any atom is 0.162 e. The molecule has 2 aromatic carbocycles. The Morgan fingerprint density at radius 3 is 2.48 bits per heavy atom. The third kappa shape index (κ3) is 3.42. The van der Waals surface area contributed by atoms with Crippen molar-refractivity contribution in [2.45, 2.75) is 6.61 Å². The molecule has 0 heterocycles. The summed E-state index contributed by atoms with van der Waals surface area (Å²) in [6.45, 7) is 7.39. The van der Waals surface area contributed by atoms with Crippen molar-refractivity contribution in [1.29, 1.82) is 0 Å². The van der Waals surface area contributed by atoms with Crippen LogP contribution in [0.5, 0.6) is 11.5 Å². The highest BCUT2D eigenvalue weighted by Crippen LogP contribution is 2.37. The zero-order chi connectivity index (χ0) is 15.2. The van der Waals surface area contributed by atoms with Gasteiger partial charge in [0.05, 0.1) is 12.8 Å². The van der Waals surface area contributed by atoms with E-state index >= 15 is 0 Å². The average Bonchev–Trinajstić information content (AvgIpc) is 2.52. The van der Waals surface area contributed by atoms with Gasteiger partial charge in [-0.2, -0.15) is 0 Å². The number of nitrogens with zero attached hydrogens (tertiary/aromatic N) is 1. The van der Waals surface area contributed by atoms with Crippen LogP contribution in [-0.4, -0.2) is 18.9 Å². The molecular formula is C17H17NO3. The van der Waals surface area contributed by atoms with E-state index in [2.05, 4.69) is 18.3 Å². The molecule has 4 nitrogen and oxygen atoms in total. The number of benzene rings is 2. The third-order valence-corrected chi connectivity index (χ3v) is 3.00. The fourth-order valence-corrected chi connectivity index (χ4v) is 1.92. The van der Waals surface area contributed by atoms with Gasteiger partial charge in [0, 0.05) is 11.6 Å². The van der Waals surface area contributed by atoms with Crippen molar-refractivity contribution in [3.05, 3.63) is 60.2 Å². The fourth-order valence-electron chi connectivity index (χ4n) is 1.92. The number of rotatable bonds is 6. The summed E-state index contributed by atoms with van der Waals surface area (Å²) < 4.78 is 11.1. The third-order valence-electron chi connectivity index (χ3n) is 3.00. The van der Waals surface area contributed by atoms with Gasteiger partial charge in [-0.25, -0.2) is 0 Å². The molecule has 108 valence electrons. The predicted molar refractivity (Wildman–Crippen MR) is 84.6 cm³/mol. The lowest BCUT2D eigenvalue weighted by Crippen LogP contribution is -1.98. The zero-order valence-corrected chi connectivity index (χ0v) is 11.9. The lowest BCUT2D eigenvalue weighted by Gasteiger charge is -2.14. The van der Waals surface area contributed by atoms with E-state index in [1.807, 2.05) is 30.3 Å². The van der Waals surface area contributed by atoms with Crippen LogP contribution >= 0.6 is 0 Å². The Hall–Kier alpha value is -2.75. The van der Waals surface area contributed by atoms with Gasteiger partial charge in [-0.15, -0.1) is 0 Å². The summed E-state index contributed by atoms with van der Waals surface area (Å²) in [5, 5.41) is 9.63. The Morgan fingerprint density at radius 2 is 1.90 bits per heavy atom. The Kier molecular flexibility index (Phi) is 4.61. The Bertz CT molecular complexity index is 651.